The van der Waals surface area contributed by atoms with Crippen molar-refractivity contribution in [3.63, 3.8) is 0 Å². The molecule has 0 aromatic carbocycles. The van der Waals surface area contributed by atoms with E-state index in [1.54, 1.807) is 0 Å². The number of aromatic nitrogens is 2. The fourth-order valence-corrected chi connectivity index (χ4v) is 10.1. The van der Waals surface area contributed by atoms with Gasteiger partial charge in [0.2, 0.25) is 5.88 Å². The van der Waals surface area contributed by atoms with E-state index in [0.717, 1.165) is 49.2 Å². The number of H-pyrrole nitrogens is 1. The number of nitrogens with zero attached hydrogens (tertiary/aromatic N) is 1. The van der Waals surface area contributed by atoms with Gasteiger partial charge in [0.15, 0.2) is 0 Å². The quantitative estimate of drug-likeness (QED) is 0.445. The smallest absolute Gasteiger partial charge is 0.270 e. The maximum Gasteiger partial charge on any atom is 0.270 e. The third-order valence-electron chi connectivity index (χ3n) is 10.4. The van der Waals surface area contributed by atoms with Crippen LogP contribution in [0, 0.1) is 34.5 Å². The summed E-state index contributed by atoms with van der Waals surface area (Å²) in [6, 6.07) is 0. The summed E-state index contributed by atoms with van der Waals surface area (Å²) in [7, 11) is 0. The highest BCUT2D eigenvalue weighted by molar-refractivity contribution is 8.00. The van der Waals surface area contributed by atoms with Gasteiger partial charge in [-0.25, -0.2) is 0 Å². The zero-order valence-corrected chi connectivity index (χ0v) is 22.5. The van der Waals surface area contributed by atoms with Gasteiger partial charge in [0, 0.05) is 11.8 Å². The standard InChI is InChI=1S/C28H44N4O2S/c1-27-13-19-12-20(28(2,17-27)22(19)14-27)15-30-25(33)23-24(35-21-6-4-3-5-7-21)26(32-31-23)34-16-18-8-10-29-11-9-18/h18-22,29H,3-17H2,1-2H3,(H,30,33)(H,31,32)/t19-,20?,22?,27?,28?/m0/s1. The Morgan fingerprint density at radius 1 is 1.14 bits per heavy atom. The lowest BCUT2D eigenvalue weighted by Gasteiger charge is -2.36. The molecule has 35 heavy (non-hydrogen) atoms. The van der Waals surface area contributed by atoms with E-state index < -0.39 is 0 Å². The molecule has 3 N–H and O–H groups in total. The Balaban J connectivity index is 1.13. The minimum Gasteiger partial charge on any atom is -0.476 e. The Kier molecular flexibility index (Phi) is 6.61. The van der Waals surface area contributed by atoms with Crippen molar-refractivity contribution in [3.8, 4) is 5.88 Å². The summed E-state index contributed by atoms with van der Waals surface area (Å²) >= 11 is 1.83. The maximum atomic E-state index is 13.5. The molecule has 5 atom stereocenters. The van der Waals surface area contributed by atoms with Crippen LogP contribution >= 0.6 is 11.8 Å². The lowest BCUT2D eigenvalue weighted by Crippen LogP contribution is -2.37. The van der Waals surface area contributed by atoms with E-state index in [4.69, 9.17) is 4.74 Å². The predicted octanol–water partition coefficient (Wildman–Crippen LogP) is 5.41. The normalized spacial score (nSPS) is 37.1. The highest BCUT2D eigenvalue weighted by Crippen LogP contribution is 2.73. The molecular formula is C28H44N4O2S. The van der Waals surface area contributed by atoms with Gasteiger partial charge < -0.3 is 15.4 Å². The first-order chi connectivity index (χ1) is 16.9. The number of carbonyl (C=O) groups is 1. The molecule has 0 spiro atoms. The summed E-state index contributed by atoms with van der Waals surface area (Å²) in [6.07, 6.45) is 14.0. The fourth-order valence-electron chi connectivity index (χ4n) is 8.74. The van der Waals surface area contributed by atoms with Crippen molar-refractivity contribution in [1.29, 1.82) is 0 Å². The molecule has 1 saturated heterocycles. The molecule has 4 aliphatic carbocycles. The average molecular weight is 501 g/mol. The Morgan fingerprint density at radius 2 is 1.94 bits per heavy atom. The van der Waals surface area contributed by atoms with E-state index in [9.17, 15) is 4.79 Å². The molecule has 5 fully saturated rings. The van der Waals surface area contributed by atoms with Crippen molar-refractivity contribution in [1.82, 2.24) is 20.8 Å². The highest BCUT2D eigenvalue weighted by atomic mass is 32.2. The fraction of sp³-hybridized carbons (Fsp3) is 0.857. The lowest BCUT2D eigenvalue weighted by atomic mass is 9.69. The number of ether oxygens (including phenoxy) is 1. The summed E-state index contributed by atoms with van der Waals surface area (Å²) in [5.41, 5.74) is 1.57. The van der Waals surface area contributed by atoms with Crippen molar-refractivity contribution < 1.29 is 9.53 Å². The van der Waals surface area contributed by atoms with Gasteiger partial charge in [0.05, 0.1) is 6.61 Å². The Hall–Kier alpha value is -1.21. The number of nitrogens with one attached hydrogen (secondary N) is 3. The minimum atomic E-state index is -0.00358. The van der Waals surface area contributed by atoms with E-state index in [1.165, 1.54) is 57.8 Å². The number of aromatic amines is 1. The zero-order valence-electron chi connectivity index (χ0n) is 21.7. The van der Waals surface area contributed by atoms with Crippen LogP contribution in [0.5, 0.6) is 5.88 Å². The van der Waals surface area contributed by atoms with E-state index in [1.807, 2.05) is 11.8 Å². The van der Waals surface area contributed by atoms with Crippen LogP contribution in [-0.4, -0.2) is 47.6 Å². The number of rotatable bonds is 8. The van der Waals surface area contributed by atoms with Crippen molar-refractivity contribution in [2.24, 2.45) is 34.5 Å². The van der Waals surface area contributed by atoms with E-state index in [2.05, 4.69) is 34.7 Å². The van der Waals surface area contributed by atoms with Crippen LogP contribution in [0.3, 0.4) is 0 Å². The first-order valence-corrected chi connectivity index (χ1v) is 15.2. The number of hydrogen-bond acceptors (Lipinski definition) is 5. The Morgan fingerprint density at radius 3 is 2.69 bits per heavy atom. The molecule has 2 heterocycles. The molecule has 1 aromatic heterocycles. The monoisotopic (exact) mass is 500 g/mol. The number of thioether (sulfide) groups is 1. The van der Waals surface area contributed by atoms with Crippen LogP contribution < -0.4 is 15.4 Å². The topological polar surface area (TPSA) is 79.0 Å². The lowest BCUT2D eigenvalue weighted by molar-refractivity contribution is 0.0908. The third-order valence-corrected chi connectivity index (χ3v) is 11.8. The molecule has 1 aliphatic heterocycles. The summed E-state index contributed by atoms with van der Waals surface area (Å²) in [6.45, 7) is 8.60. The Labute approximate surface area is 214 Å². The second-order valence-electron chi connectivity index (χ2n) is 13.0. The van der Waals surface area contributed by atoms with Gasteiger partial charge in [0.1, 0.15) is 10.6 Å². The molecule has 6 rings (SSSR count). The van der Waals surface area contributed by atoms with Crippen LogP contribution in [0.1, 0.15) is 95.0 Å². The van der Waals surface area contributed by atoms with Crippen molar-refractivity contribution in [2.75, 3.05) is 26.2 Å². The molecule has 4 unspecified atom stereocenters. The highest BCUT2D eigenvalue weighted by Gasteiger charge is 2.65. The van der Waals surface area contributed by atoms with Gasteiger partial charge in [-0.3, -0.25) is 9.89 Å². The van der Waals surface area contributed by atoms with Crippen molar-refractivity contribution in [3.05, 3.63) is 5.69 Å². The number of carbonyl (C=O) groups excluding carboxylic acids is 1. The van der Waals surface area contributed by atoms with Gasteiger partial charge in [0.25, 0.3) is 5.91 Å². The molecule has 1 aromatic rings. The largest absolute Gasteiger partial charge is 0.476 e. The summed E-state index contributed by atoms with van der Waals surface area (Å²) in [4.78, 5) is 14.4. The van der Waals surface area contributed by atoms with Crippen LogP contribution in [0.15, 0.2) is 4.90 Å². The third kappa shape index (κ3) is 4.65. The summed E-state index contributed by atoms with van der Waals surface area (Å²) in [5.74, 6) is 3.54. The Bertz CT molecular complexity index is 924. The number of hydrogen-bond donors (Lipinski definition) is 3. The van der Waals surface area contributed by atoms with E-state index in [0.29, 0.717) is 46.1 Å². The second kappa shape index (κ2) is 9.59. The van der Waals surface area contributed by atoms with Gasteiger partial charge >= 0.3 is 0 Å². The first-order valence-electron chi connectivity index (χ1n) is 14.3. The van der Waals surface area contributed by atoms with Crippen LogP contribution in [0.2, 0.25) is 0 Å². The molecule has 2 bridgehead atoms. The van der Waals surface area contributed by atoms with Crippen molar-refractivity contribution >= 4 is 17.7 Å². The molecule has 4 saturated carbocycles. The van der Waals surface area contributed by atoms with E-state index >= 15 is 0 Å². The number of fused-ring (bicyclic) bond motifs is 1. The van der Waals surface area contributed by atoms with Crippen LogP contribution in [-0.2, 0) is 0 Å². The predicted molar refractivity (Wildman–Crippen MR) is 140 cm³/mol. The van der Waals surface area contributed by atoms with Gasteiger partial charge in [-0.1, -0.05) is 33.1 Å². The SMILES string of the molecule is CC12CC3[C@@H](CC(CNC(=O)c4[nH]nc(OCC5CCNCC5)c4SC4CCCCC4)C3(C)C1)C2. The second-order valence-corrected chi connectivity index (χ2v) is 14.3. The number of amides is 1. The average Bonchev–Trinajstić information content (AvgIpc) is 3.53. The number of piperidine rings is 1. The van der Waals surface area contributed by atoms with Crippen LogP contribution in [0.4, 0.5) is 0 Å². The molecule has 1 amide bonds. The maximum absolute atomic E-state index is 13.5. The molecule has 194 valence electrons. The van der Waals surface area contributed by atoms with Gasteiger partial charge in [-0.15, -0.1) is 16.9 Å². The van der Waals surface area contributed by atoms with Gasteiger partial charge in [-0.2, -0.15) is 0 Å². The molecule has 6 nitrogen and oxygen atoms in total. The zero-order chi connectivity index (χ0) is 24.0. The van der Waals surface area contributed by atoms with Crippen molar-refractivity contribution in [2.45, 2.75) is 94.6 Å². The molecule has 5 aliphatic rings. The van der Waals surface area contributed by atoms with Crippen LogP contribution in [0.25, 0.3) is 0 Å². The molecule has 7 heteroatoms. The van der Waals surface area contributed by atoms with E-state index in [-0.39, 0.29) is 5.91 Å². The summed E-state index contributed by atoms with van der Waals surface area (Å²) < 4.78 is 6.26. The first kappa shape index (κ1) is 24.1. The molecular weight excluding hydrogens is 456 g/mol. The molecule has 0 radical (unpaired) electrons. The van der Waals surface area contributed by atoms with Gasteiger partial charge in [-0.05, 0) is 99.0 Å². The minimum absolute atomic E-state index is 0.00358. The summed E-state index contributed by atoms with van der Waals surface area (Å²) in [5, 5.41) is 14.9.